The largest absolute Gasteiger partial charge is 0.467 e. The zero-order valence-electron chi connectivity index (χ0n) is 17.9. The standard InChI is InChI=1S/C25H22N4O3S/c1-31-24(30)17-7-4-8-18(15-17)28-13-5-11-21(28)23-22(20-10-2-3-12-26-20)27-25(33)29(23)16-19-9-6-14-32-19/h2-15,22-23H,16H2,1H3,(H,27,33)/t22-,23-/m1/s1. The van der Waals surface area contributed by atoms with Crippen molar-refractivity contribution in [2.24, 2.45) is 0 Å². The Bertz CT molecular complexity index is 1270. The molecule has 7 nitrogen and oxygen atoms in total. The fraction of sp³-hybridized carbons (Fsp3) is 0.160. The average Bonchev–Trinajstić information content (AvgIpc) is 3.61. The topological polar surface area (TPSA) is 72.5 Å². The molecule has 0 spiro atoms. The van der Waals surface area contributed by atoms with Crippen molar-refractivity contribution < 1.29 is 13.9 Å². The van der Waals surface area contributed by atoms with Crippen LogP contribution in [0.15, 0.2) is 89.8 Å². The summed E-state index contributed by atoms with van der Waals surface area (Å²) in [5, 5.41) is 4.08. The minimum absolute atomic E-state index is 0.158. The van der Waals surface area contributed by atoms with Crippen LogP contribution in [0.2, 0.25) is 0 Å². The van der Waals surface area contributed by atoms with Gasteiger partial charge in [0.05, 0.1) is 43.3 Å². The van der Waals surface area contributed by atoms with E-state index in [0.717, 1.165) is 22.8 Å². The summed E-state index contributed by atoms with van der Waals surface area (Å²) in [7, 11) is 1.38. The average molecular weight is 459 g/mol. The van der Waals surface area contributed by atoms with Gasteiger partial charge in [0.2, 0.25) is 0 Å². The molecule has 166 valence electrons. The van der Waals surface area contributed by atoms with Crippen LogP contribution in [0.1, 0.15) is 39.6 Å². The number of thiocarbonyl (C=S) groups is 1. The Morgan fingerprint density at radius 2 is 2.06 bits per heavy atom. The Morgan fingerprint density at radius 1 is 1.15 bits per heavy atom. The van der Waals surface area contributed by atoms with E-state index in [4.69, 9.17) is 21.4 Å². The number of methoxy groups -OCH3 is 1. The number of hydrogen-bond acceptors (Lipinski definition) is 5. The van der Waals surface area contributed by atoms with Crippen molar-refractivity contribution in [3.63, 3.8) is 0 Å². The molecule has 3 aromatic heterocycles. The maximum atomic E-state index is 12.1. The first-order valence-electron chi connectivity index (χ1n) is 10.5. The highest BCUT2D eigenvalue weighted by Crippen LogP contribution is 2.40. The summed E-state index contributed by atoms with van der Waals surface area (Å²) in [6.45, 7) is 0.514. The Hall–Kier alpha value is -3.91. The van der Waals surface area contributed by atoms with E-state index in [-0.39, 0.29) is 18.1 Å². The third kappa shape index (κ3) is 4.01. The lowest BCUT2D eigenvalue weighted by atomic mass is 10.0. The maximum Gasteiger partial charge on any atom is 0.337 e. The van der Waals surface area contributed by atoms with Gasteiger partial charge in [-0.3, -0.25) is 4.98 Å². The van der Waals surface area contributed by atoms with Crippen LogP contribution in [-0.4, -0.2) is 32.6 Å². The highest BCUT2D eigenvalue weighted by molar-refractivity contribution is 7.80. The van der Waals surface area contributed by atoms with E-state index in [2.05, 4.69) is 25.8 Å². The van der Waals surface area contributed by atoms with Gasteiger partial charge in [-0.1, -0.05) is 12.1 Å². The molecule has 0 radical (unpaired) electrons. The molecular formula is C25H22N4O3S. The van der Waals surface area contributed by atoms with Gasteiger partial charge >= 0.3 is 5.97 Å². The Morgan fingerprint density at radius 3 is 2.82 bits per heavy atom. The molecule has 0 bridgehead atoms. The summed E-state index contributed by atoms with van der Waals surface area (Å²) in [6.07, 6.45) is 5.42. The van der Waals surface area contributed by atoms with Crippen molar-refractivity contribution in [3.8, 4) is 5.69 Å². The Labute approximate surface area is 196 Å². The zero-order valence-corrected chi connectivity index (χ0v) is 18.7. The van der Waals surface area contributed by atoms with Gasteiger partial charge in [0.25, 0.3) is 0 Å². The van der Waals surface area contributed by atoms with Crippen LogP contribution < -0.4 is 5.32 Å². The number of carbonyl (C=O) groups is 1. The third-order valence-corrected chi connectivity index (χ3v) is 6.09. The highest BCUT2D eigenvalue weighted by atomic mass is 32.1. The minimum atomic E-state index is -0.375. The van der Waals surface area contributed by atoms with Crippen molar-refractivity contribution in [1.82, 2.24) is 19.8 Å². The second kappa shape index (κ2) is 8.91. The molecule has 4 aromatic rings. The van der Waals surface area contributed by atoms with Crippen LogP contribution in [0, 0.1) is 0 Å². The number of carbonyl (C=O) groups excluding carboxylic acids is 1. The predicted octanol–water partition coefficient (Wildman–Crippen LogP) is 4.42. The summed E-state index contributed by atoms with van der Waals surface area (Å²) in [4.78, 5) is 18.8. The van der Waals surface area contributed by atoms with Crippen LogP contribution in [0.3, 0.4) is 0 Å². The number of rotatable bonds is 6. The fourth-order valence-electron chi connectivity index (χ4n) is 4.24. The molecule has 0 aliphatic carbocycles. The predicted molar refractivity (Wildman–Crippen MR) is 127 cm³/mol. The number of benzene rings is 1. The first-order valence-corrected chi connectivity index (χ1v) is 10.9. The number of nitrogens with one attached hydrogen (secondary N) is 1. The summed E-state index contributed by atoms with van der Waals surface area (Å²) in [6, 6.07) is 20.8. The molecule has 4 heterocycles. The smallest absolute Gasteiger partial charge is 0.337 e. The molecule has 1 saturated heterocycles. The van der Waals surface area contributed by atoms with Crippen molar-refractivity contribution >= 4 is 23.3 Å². The van der Waals surface area contributed by atoms with E-state index in [1.807, 2.05) is 60.8 Å². The number of nitrogens with zero attached hydrogens (tertiary/aromatic N) is 3. The number of hydrogen-bond donors (Lipinski definition) is 1. The molecule has 1 aromatic carbocycles. The molecule has 8 heteroatoms. The number of aromatic nitrogens is 2. The van der Waals surface area contributed by atoms with Gasteiger partial charge < -0.3 is 23.9 Å². The number of ether oxygens (including phenoxy) is 1. The number of pyridine rings is 1. The Balaban J connectivity index is 1.59. The molecule has 1 fully saturated rings. The van der Waals surface area contributed by atoms with E-state index in [9.17, 15) is 4.79 Å². The van der Waals surface area contributed by atoms with E-state index >= 15 is 0 Å². The lowest BCUT2D eigenvalue weighted by Crippen LogP contribution is -2.29. The molecule has 2 atom stereocenters. The quantitative estimate of drug-likeness (QED) is 0.339. The van der Waals surface area contributed by atoms with Crippen molar-refractivity contribution in [3.05, 3.63) is 108 Å². The molecule has 0 amide bonds. The normalized spacial score (nSPS) is 17.7. The molecule has 0 saturated carbocycles. The molecule has 5 rings (SSSR count). The summed E-state index contributed by atoms with van der Waals surface area (Å²) < 4.78 is 12.6. The van der Waals surface area contributed by atoms with Crippen LogP contribution in [-0.2, 0) is 11.3 Å². The lowest BCUT2D eigenvalue weighted by Gasteiger charge is -2.28. The Kier molecular flexibility index (Phi) is 5.66. The molecule has 0 unspecified atom stereocenters. The van der Waals surface area contributed by atoms with Crippen LogP contribution in [0.25, 0.3) is 5.69 Å². The zero-order chi connectivity index (χ0) is 22.8. The molecule has 1 aliphatic rings. The maximum absolute atomic E-state index is 12.1. The summed E-state index contributed by atoms with van der Waals surface area (Å²) in [5.74, 6) is 0.441. The van der Waals surface area contributed by atoms with E-state index in [1.54, 1.807) is 18.5 Å². The molecule has 1 aliphatic heterocycles. The van der Waals surface area contributed by atoms with Gasteiger partial charge in [0.15, 0.2) is 5.11 Å². The van der Waals surface area contributed by atoms with Crippen molar-refractivity contribution in [2.45, 2.75) is 18.6 Å². The van der Waals surface area contributed by atoms with E-state index in [0.29, 0.717) is 17.2 Å². The van der Waals surface area contributed by atoms with Gasteiger partial charge in [0.1, 0.15) is 5.76 Å². The van der Waals surface area contributed by atoms with Crippen LogP contribution in [0.4, 0.5) is 0 Å². The van der Waals surface area contributed by atoms with Gasteiger partial charge in [-0.15, -0.1) is 0 Å². The van der Waals surface area contributed by atoms with Gasteiger partial charge in [-0.2, -0.15) is 0 Å². The summed E-state index contributed by atoms with van der Waals surface area (Å²) in [5.41, 5.74) is 3.24. The minimum Gasteiger partial charge on any atom is -0.467 e. The van der Waals surface area contributed by atoms with E-state index < -0.39 is 0 Å². The third-order valence-electron chi connectivity index (χ3n) is 5.73. The summed E-state index contributed by atoms with van der Waals surface area (Å²) >= 11 is 5.75. The fourth-order valence-corrected chi connectivity index (χ4v) is 4.54. The van der Waals surface area contributed by atoms with Gasteiger partial charge in [-0.05, 0) is 66.8 Å². The second-order valence-electron chi connectivity index (χ2n) is 7.68. The monoisotopic (exact) mass is 458 g/mol. The van der Waals surface area contributed by atoms with Crippen LogP contribution in [0.5, 0.6) is 0 Å². The lowest BCUT2D eigenvalue weighted by molar-refractivity contribution is 0.0600. The van der Waals surface area contributed by atoms with Crippen LogP contribution >= 0.6 is 12.2 Å². The number of furan rings is 1. The van der Waals surface area contributed by atoms with Gasteiger partial charge in [-0.25, -0.2) is 4.79 Å². The molecule has 1 N–H and O–H groups in total. The SMILES string of the molecule is COC(=O)c1cccc(-n2cccc2[C@@H]2[C@@H](c3ccccn3)NC(=S)N2Cc2ccco2)c1. The highest BCUT2D eigenvalue weighted by Gasteiger charge is 2.41. The van der Waals surface area contributed by atoms with Gasteiger partial charge in [0, 0.05) is 23.8 Å². The molecular weight excluding hydrogens is 436 g/mol. The second-order valence-corrected chi connectivity index (χ2v) is 8.07. The number of esters is 1. The molecule has 33 heavy (non-hydrogen) atoms. The van der Waals surface area contributed by atoms with Crippen molar-refractivity contribution in [1.29, 1.82) is 0 Å². The first-order chi connectivity index (χ1) is 16.2. The van der Waals surface area contributed by atoms with E-state index in [1.165, 1.54) is 7.11 Å². The first kappa shape index (κ1) is 21.0. The van der Waals surface area contributed by atoms with Crippen molar-refractivity contribution in [2.75, 3.05) is 7.11 Å².